The monoisotopic (exact) mass is 486 g/mol. The number of hydrogen-bond acceptors (Lipinski definition) is 7. The molecule has 0 radical (unpaired) electrons. The van der Waals surface area contributed by atoms with Gasteiger partial charge in [-0.25, -0.2) is 4.79 Å². The molecule has 5 amide bonds. The zero-order chi connectivity index (χ0) is 26.6. The van der Waals surface area contributed by atoms with Crippen LogP contribution in [0.3, 0.4) is 0 Å². The van der Waals surface area contributed by atoms with Crippen molar-refractivity contribution < 1.29 is 33.9 Å². The van der Waals surface area contributed by atoms with Gasteiger partial charge < -0.3 is 38.3 Å². The minimum Gasteiger partial charge on any atom is -0.480 e. The SMILES string of the molecule is CCC(C)C(NC(=O)C(N)CCC(N)=O)C(=O)NC(C(=O)NC(CC(N)=O)C(=O)O)C(C)CC. The molecule has 6 atom stereocenters. The highest BCUT2D eigenvalue weighted by Gasteiger charge is 2.34. The zero-order valence-electron chi connectivity index (χ0n) is 20.1. The van der Waals surface area contributed by atoms with E-state index in [0.717, 1.165) is 0 Å². The van der Waals surface area contributed by atoms with Crippen LogP contribution in [0.25, 0.3) is 0 Å². The Morgan fingerprint density at radius 2 is 1.21 bits per heavy atom. The third kappa shape index (κ3) is 10.6. The lowest BCUT2D eigenvalue weighted by Crippen LogP contribution is -2.60. The molecular weight excluding hydrogens is 448 g/mol. The van der Waals surface area contributed by atoms with E-state index in [9.17, 15) is 33.9 Å². The Labute approximate surface area is 198 Å². The lowest BCUT2D eigenvalue weighted by Gasteiger charge is -2.30. The molecule has 0 aliphatic rings. The van der Waals surface area contributed by atoms with Gasteiger partial charge >= 0.3 is 5.97 Å². The first-order valence-corrected chi connectivity index (χ1v) is 11.2. The van der Waals surface area contributed by atoms with Crippen molar-refractivity contribution in [3.63, 3.8) is 0 Å². The molecule has 10 N–H and O–H groups in total. The summed E-state index contributed by atoms with van der Waals surface area (Å²) in [6.07, 6.45) is 0.265. The molecule has 0 heterocycles. The molecule has 0 aromatic heterocycles. The fourth-order valence-corrected chi connectivity index (χ4v) is 3.00. The van der Waals surface area contributed by atoms with Gasteiger partial charge in [0.2, 0.25) is 29.5 Å². The molecule has 0 fully saturated rings. The molecule has 0 aliphatic carbocycles. The summed E-state index contributed by atoms with van der Waals surface area (Å²) >= 11 is 0. The Kier molecular flexibility index (Phi) is 13.4. The zero-order valence-corrected chi connectivity index (χ0v) is 20.1. The first-order chi connectivity index (χ1) is 15.7. The van der Waals surface area contributed by atoms with Crippen LogP contribution in [0.2, 0.25) is 0 Å². The molecule has 34 heavy (non-hydrogen) atoms. The summed E-state index contributed by atoms with van der Waals surface area (Å²) < 4.78 is 0. The molecule has 0 aromatic rings. The molecule has 0 saturated heterocycles. The van der Waals surface area contributed by atoms with Crippen LogP contribution in [-0.4, -0.2) is 64.8 Å². The van der Waals surface area contributed by atoms with Gasteiger partial charge in [0.05, 0.1) is 12.5 Å². The van der Waals surface area contributed by atoms with Crippen LogP contribution < -0.4 is 33.2 Å². The fraction of sp³-hybridized carbons (Fsp3) is 0.714. The number of primary amides is 2. The average molecular weight is 487 g/mol. The Bertz CT molecular complexity index is 760. The van der Waals surface area contributed by atoms with Crippen LogP contribution in [-0.2, 0) is 28.8 Å². The van der Waals surface area contributed by atoms with E-state index in [1.165, 1.54) is 0 Å². The van der Waals surface area contributed by atoms with Crippen LogP contribution in [0.4, 0.5) is 0 Å². The van der Waals surface area contributed by atoms with Gasteiger partial charge in [-0.2, -0.15) is 0 Å². The molecule has 0 aliphatic heterocycles. The maximum Gasteiger partial charge on any atom is 0.326 e. The van der Waals surface area contributed by atoms with Gasteiger partial charge in [-0.1, -0.05) is 40.5 Å². The number of nitrogens with two attached hydrogens (primary N) is 3. The van der Waals surface area contributed by atoms with Gasteiger partial charge in [0.1, 0.15) is 18.1 Å². The topological polar surface area (TPSA) is 237 Å². The van der Waals surface area contributed by atoms with Crippen molar-refractivity contribution in [3.8, 4) is 0 Å². The first-order valence-electron chi connectivity index (χ1n) is 11.2. The average Bonchev–Trinajstić information content (AvgIpc) is 2.76. The predicted octanol–water partition coefficient (Wildman–Crippen LogP) is -1.91. The number of rotatable bonds is 16. The van der Waals surface area contributed by atoms with Crippen molar-refractivity contribution in [1.82, 2.24) is 16.0 Å². The molecule has 13 nitrogen and oxygen atoms in total. The minimum atomic E-state index is -1.55. The number of carboxylic acid groups (broad SMARTS) is 1. The summed E-state index contributed by atoms with van der Waals surface area (Å²) in [5, 5.41) is 16.6. The number of carbonyl (C=O) groups excluding carboxylic acids is 5. The Hall–Kier alpha value is -3.22. The van der Waals surface area contributed by atoms with Crippen molar-refractivity contribution in [1.29, 1.82) is 0 Å². The standard InChI is InChI=1S/C21H38N6O7/c1-5-10(3)16(19(31)25-13(21(33)34)9-15(24)29)27-20(32)17(11(4)6-2)26-18(30)12(22)7-8-14(23)28/h10-13,16-17H,5-9,22H2,1-4H3,(H2,23,28)(H2,24,29)(H,25,31)(H,26,30)(H,27,32)(H,33,34). The largest absolute Gasteiger partial charge is 0.480 e. The van der Waals surface area contributed by atoms with E-state index in [1.807, 2.05) is 6.92 Å². The predicted molar refractivity (Wildman–Crippen MR) is 123 cm³/mol. The Morgan fingerprint density at radius 1 is 0.765 bits per heavy atom. The second-order valence-corrected chi connectivity index (χ2v) is 8.42. The Morgan fingerprint density at radius 3 is 1.59 bits per heavy atom. The molecule has 6 unspecified atom stereocenters. The molecule has 194 valence electrons. The minimum absolute atomic E-state index is 0.00432. The first kappa shape index (κ1) is 30.8. The maximum atomic E-state index is 13.1. The number of carbonyl (C=O) groups is 6. The van der Waals surface area contributed by atoms with Crippen LogP contribution in [0, 0.1) is 11.8 Å². The van der Waals surface area contributed by atoms with Crippen molar-refractivity contribution in [2.24, 2.45) is 29.0 Å². The van der Waals surface area contributed by atoms with Crippen LogP contribution in [0.15, 0.2) is 0 Å². The molecule has 0 rings (SSSR count). The Balaban J connectivity index is 5.60. The maximum absolute atomic E-state index is 13.1. The van der Waals surface area contributed by atoms with E-state index in [1.54, 1.807) is 20.8 Å². The van der Waals surface area contributed by atoms with Crippen LogP contribution in [0.1, 0.15) is 59.8 Å². The number of aliphatic carboxylic acids is 1. The number of carboxylic acids is 1. The molecule has 0 aromatic carbocycles. The van der Waals surface area contributed by atoms with E-state index in [4.69, 9.17) is 17.2 Å². The van der Waals surface area contributed by atoms with Gasteiger partial charge in [0, 0.05) is 6.42 Å². The smallest absolute Gasteiger partial charge is 0.326 e. The van der Waals surface area contributed by atoms with Crippen molar-refractivity contribution >= 4 is 35.5 Å². The summed E-state index contributed by atoms with van der Waals surface area (Å²) in [7, 11) is 0. The normalized spacial score (nSPS) is 16.1. The van der Waals surface area contributed by atoms with Crippen LogP contribution in [0.5, 0.6) is 0 Å². The highest BCUT2D eigenvalue weighted by molar-refractivity contribution is 5.95. The lowest BCUT2D eigenvalue weighted by molar-refractivity contribution is -0.144. The van der Waals surface area contributed by atoms with E-state index < -0.39 is 72.0 Å². The summed E-state index contributed by atoms with van der Waals surface area (Å²) in [5.41, 5.74) is 15.9. The molecule has 13 heteroatoms. The van der Waals surface area contributed by atoms with E-state index >= 15 is 0 Å². The molecular formula is C21H38N6O7. The van der Waals surface area contributed by atoms with Gasteiger partial charge in [-0.15, -0.1) is 0 Å². The quantitative estimate of drug-likeness (QED) is 0.129. The highest BCUT2D eigenvalue weighted by atomic mass is 16.4. The van der Waals surface area contributed by atoms with Crippen LogP contribution >= 0.6 is 0 Å². The van der Waals surface area contributed by atoms with E-state index in [0.29, 0.717) is 12.8 Å². The fourth-order valence-electron chi connectivity index (χ4n) is 3.00. The van der Waals surface area contributed by atoms with Gasteiger partial charge in [0.25, 0.3) is 0 Å². The summed E-state index contributed by atoms with van der Waals surface area (Å²) in [4.78, 5) is 71.8. The van der Waals surface area contributed by atoms with E-state index in [-0.39, 0.29) is 18.8 Å². The van der Waals surface area contributed by atoms with E-state index in [2.05, 4.69) is 16.0 Å². The van der Waals surface area contributed by atoms with Gasteiger partial charge in [-0.3, -0.25) is 24.0 Å². The third-order valence-corrected chi connectivity index (χ3v) is 5.64. The van der Waals surface area contributed by atoms with Gasteiger partial charge in [0.15, 0.2) is 0 Å². The number of amides is 5. The van der Waals surface area contributed by atoms with Gasteiger partial charge in [-0.05, 0) is 18.3 Å². The molecule has 0 spiro atoms. The summed E-state index contributed by atoms with van der Waals surface area (Å²) in [5.74, 6) is -5.83. The summed E-state index contributed by atoms with van der Waals surface area (Å²) in [6, 6.07) is -4.80. The highest BCUT2D eigenvalue weighted by Crippen LogP contribution is 2.13. The third-order valence-electron chi connectivity index (χ3n) is 5.64. The molecule has 0 saturated carbocycles. The number of hydrogen-bond donors (Lipinski definition) is 7. The van der Waals surface area contributed by atoms with Crippen molar-refractivity contribution in [3.05, 3.63) is 0 Å². The number of nitrogens with one attached hydrogen (secondary N) is 3. The second-order valence-electron chi connectivity index (χ2n) is 8.42. The van der Waals surface area contributed by atoms with Crippen molar-refractivity contribution in [2.75, 3.05) is 0 Å². The lowest BCUT2D eigenvalue weighted by atomic mass is 9.94. The van der Waals surface area contributed by atoms with Crippen molar-refractivity contribution in [2.45, 2.75) is 84.0 Å². The molecule has 0 bridgehead atoms. The second kappa shape index (κ2) is 14.8. The summed E-state index contributed by atoms with van der Waals surface area (Å²) in [6.45, 7) is 7.00.